The highest BCUT2D eigenvalue weighted by Gasteiger charge is 2.53. The number of benzene rings is 4. The van der Waals surface area contributed by atoms with Crippen LogP contribution in [0.25, 0.3) is 11.1 Å². The molecular weight excluding hydrogens is 598 g/mol. The summed E-state index contributed by atoms with van der Waals surface area (Å²) in [4.78, 5) is 0. The van der Waals surface area contributed by atoms with E-state index in [4.69, 9.17) is 9.47 Å². The number of rotatable bonds is 7. The van der Waals surface area contributed by atoms with E-state index in [0.717, 1.165) is 46.6 Å². The van der Waals surface area contributed by atoms with Crippen molar-refractivity contribution in [1.29, 1.82) is 0 Å². The van der Waals surface area contributed by atoms with Crippen molar-refractivity contribution in [1.82, 2.24) is 0 Å². The fourth-order valence-electron chi connectivity index (χ4n) is 12.6. The third-order valence-corrected chi connectivity index (χ3v) is 13.6. The molecule has 8 saturated carbocycles. The molecule has 0 heterocycles. The fourth-order valence-corrected chi connectivity index (χ4v) is 12.6. The van der Waals surface area contributed by atoms with Gasteiger partial charge in [-0.2, -0.15) is 0 Å². The van der Waals surface area contributed by atoms with Crippen LogP contribution in [0.15, 0.2) is 84.9 Å². The van der Waals surface area contributed by atoms with Crippen LogP contribution in [0, 0.1) is 47.1 Å². The normalized spacial score (nSPS) is 34.0. The Hall–Kier alpha value is -3.66. The zero-order chi connectivity index (χ0) is 32.0. The Bertz CT molecular complexity index is 1820. The highest BCUT2D eigenvalue weighted by Crippen LogP contribution is 2.63. The molecule has 0 N–H and O–H groups in total. The summed E-state index contributed by atoms with van der Waals surface area (Å²) >= 11 is 0. The van der Waals surface area contributed by atoms with Crippen LogP contribution in [0.3, 0.4) is 0 Å². The van der Waals surface area contributed by atoms with Crippen LogP contribution >= 0.6 is 0 Å². The first kappa shape index (κ1) is 29.3. The number of hydrogen-bond donors (Lipinski definition) is 0. The standard InChI is InChI=1S/C44H44F2O2/c45-36-6-2-8-38(19-36)47-41-18-35(44-24-30-13-31(25-44)15-32(14-30)26-44)17-40(42(41)48-39-9-3-7-37(46)20-39)33-4-1-5-34(16-33)43-21-27-10-28(22-43)12-29(11-27)23-43/h1-9,16-20,27-32H,10-15,21-26H2. The van der Waals surface area contributed by atoms with E-state index in [9.17, 15) is 8.78 Å². The van der Waals surface area contributed by atoms with Crippen LogP contribution in [-0.4, -0.2) is 0 Å². The molecule has 246 valence electrons. The first-order chi connectivity index (χ1) is 23.4. The summed E-state index contributed by atoms with van der Waals surface area (Å²) in [7, 11) is 0. The van der Waals surface area contributed by atoms with Gasteiger partial charge in [-0.05, 0) is 176 Å². The minimum absolute atomic E-state index is 0.110. The summed E-state index contributed by atoms with van der Waals surface area (Å²) in [6.45, 7) is 0. The minimum atomic E-state index is -0.351. The van der Waals surface area contributed by atoms with Crippen LogP contribution in [0.1, 0.15) is 88.2 Å². The average molecular weight is 643 g/mol. The molecule has 8 fully saturated rings. The van der Waals surface area contributed by atoms with Crippen LogP contribution in [0.2, 0.25) is 0 Å². The summed E-state index contributed by atoms with van der Waals surface area (Å²) in [6, 6.07) is 26.5. The molecule has 4 aromatic carbocycles. The van der Waals surface area contributed by atoms with Crippen LogP contribution in [-0.2, 0) is 10.8 Å². The molecule has 2 nitrogen and oxygen atoms in total. The Morgan fingerprint density at radius 3 is 1.48 bits per heavy atom. The Morgan fingerprint density at radius 1 is 0.479 bits per heavy atom. The van der Waals surface area contributed by atoms with Gasteiger partial charge >= 0.3 is 0 Å². The molecule has 0 radical (unpaired) electrons. The zero-order valence-corrected chi connectivity index (χ0v) is 27.6. The van der Waals surface area contributed by atoms with Crippen molar-refractivity contribution in [2.45, 2.75) is 87.9 Å². The first-order valence-corrected chi connectivity index (χ1v) is 18.5. The van der Waals surface area contributed by atoms with Gasteiger partial charge in [-0.3, -0.25) is 0 Å². The van der Waals surface area contributed by atoms with Crippen LogP contribution in [0.4, 0.5) is 8.78 Å². The van der Waals surface area contributed by atoms with Crippen molar-refractivity contribution < 1.29 is 18.3 Å². The lowest BCUT2D eigenvalue weighted by molar-refractivity contribution is -0.00539. The van der Waals surface area contributed by atoms with Gasteiger partial charge in [-0.1, -0.05) is 36.4 Å². The number of halogens is 2. The molecule has 48 heavy (non-hydrogen) atoms. The van der Waals surface area contributed by atoms with E-state index in [1.165, 1.54) is 112 Å². The molecule has 8 bridgehead atoms. The van der Waals surface area contributed by atoms with Crippen LogP contribution in [0.5, 0.6) is 23.0 Å². The summed E-state index contributed by atoms with van der Waals surface area (Å²) in [5.41, 5.74) is 5.24. The first-order valence-electron chi connectivity index (χ1n) is 18.5. The second-order valence-electron chi connectivity index (χ2n) is 16.9. The molecule has 4 heteroatoms. The van der Waals surface area contributed by atoms with Crippen molar-refractivity contribution in [2.75, 3.05) is 0 Å². The molecular formula is C44H44F2O2. The Kier molecular flexibility index (Phi) is 6.66. The molecule has 0 aliphatic heterocycles. The maximum absolute atomic E-state index is 14.5. The maximum Gasteiger partial charge on any atom is 0.177 e. The Morgan fingerprint density at radius 2 is 0.958 bits per heavy atom. The fraction of sp³-hybridized carbons (Fsp3) is 0.455. The largest absolute Gasteiger partial charge is 0.453 e. The molecule has 0 saturated heterocycles. The van der Waals surface area contributed by atoms with E-state index in [2.05, 4.69) is 36.4 Å². The minimum Gasteiger partial charge on any atom is -0.453 e. The van der Waals surface area contributed by atoms with Gasteiger partial charge in [0, 0.05) is 17.7 Å². The number of hydrogen-bond acceptors (Lipinski definition) is 2. The van der Waals surface area contributed by atoms with Gasteiger partial charge in [0.2, 0.25) is 0 Å². The Balaban J connectivity index is 1.15. The molecule has 0 atom stereocenters. The van der Waals surface area contributed by atoms with Gasteiger partial charge in [0.25, 0.3) is 0 Å². The van der Waals surface area contributed by atoms with E-state index in [1.807, 2.05) is 0 Å². The van der Waals surface area contributed by atoms with Crippen LogP contribution < -0.4 is 9.47 Å². The highest BCUT2D eigenvalue weighted by atomic mass is 19.1. The molecule has 8 aliphatic rings. The summed E-state index contributed by atoms with van der Waals surface area (Å²) < 4.78 is 42.3. The van der Waals surface area contributed by atoms with E-state index < -0.39 is 0 Å². The van der Waals surface area contributed by atoms with Gasteiger partial charge in [-0.25, -0.2) is 8.78 Å². The molecule has 0 aromatic heterocycles. The zero-order valence-electron chi connectivity index (χ0n) is 27.6. The molecule has 8 aliphatic carbocycles. The van der Waals surface area contributed by atoms with Crippen molar-refractivity contribution in [3.05, 3.63) is 108 Å². The predicted molar refractivity (Wildman–Crippen MR) is 185 cm³/mol. The van der Waals surface area contributed by atoms with E-state index in [1.54, 1.807) is 24.3 Å². The van der Waals surface area contributed by atoms with Crippen molar-refractivity contribution >= 4 is 0 Å². The highest BCUT2D eigenvalue weighted by molar-refractivity contribution is 5.77. The second-order valence-corrected chi connectivity index (χ2v) is 16.9. The average Bonchev–Trinajstić information content (AvgIpc) is 3.04. The quantitative estimate of drug-likeness (QED) is 0.200. The van der Waals surface area contributed by atoms with Crippen molar-refractivity contribution in [2.24, 2.45) is 35.5 Å². The lowest BCUT2D eigenvalue weighted by atomic mass is 9.48. The van der Waals surface area contributed by atoms with Gasteiger partial charge in [0.05, 0.1) is 0 Å². The van der Waals surface area contributed by atoms with Gasteiger partial charge in [0.15, 0.2) is 11.5 Å². The molecule has 12 rings (SSSR count). The van der Waals surface area contributed by atoms with Crippen molar-refractivity contribution in [3.8, 4) is 34.1 Å². The summed E-state index contributed by atoms with van der Waals surface area (Å²) in [5, 5.41) is 0. The third kappa shape index (κ3) is 5.00. The third-order valence-electron chi connectivity index (χ3n) is 13.6. The predicted octanol–water partition coefficient (Wildman–Crippen LogP) is 12.2. The molecule has 0 unspecified atom stereocenters. The smallest absolute Gasteiger partial charge is 0.177 e. The van der Waals surface area contributed by atoms with Gasteiger partial charge in [-0.15, -0.1) is 0 Å². The van der Waals surface area contributed by atoms with Gasteiger partial charge in [0.1, 0.15) is 23.1 Å². The topological polar surface area (TPSA) is 18.5 Å². The lowest BCUT2D eigenvalue weighted by Gasteiger charge is -2.57. The summed E-state index contributed by atoms with van der Waals surface area (Å²) in [5.74, 6) is 6.20. The monoisotopic (exact) mass is 642 g/mol. The van der Waals surface area contributed by atoms with E-state index >= 15 is 0 Å². The second kappa shape index (κ2) is 10.9. The number of ether oxygens (including phenoxy) is 2. The Labute approximate surface area is 282 Å². The summed E-state index contributed by atoms with van der Waals surface area (Å²) in [6.07, 6.45) is 15.9. The maximum atomic E-state index is 14.5. The molecule has 4 aromatic rings. The van der Waals surface area contributed by atoms with E-state index in [0.29, 0.717) is 23.0 Å². The molecule has 0 amide bonds. The SMILES string of the molecule is Fc1cccc(Oc2cc(C34CC5CC(CC(C5)C3)C4)cc(-c3cccc(C45CC6CC(CC(C6)C4)C5)c3)c2Oc2cccc(F)c2)c1. The van der Waals surface area contributed by atoms with E-state index in [-0.39, 0.29) is 22.5 Å². The molecule has 0 spiro atoms. The van der Waals surface area contributed by atoms with Crippen molar-refractivity contribution in [3.63, 3.8) is 0 Å². The lowest BCUT2D eigenvalue weighted by Crippen LogP contribution is -2.48. The van der Waals surface area contributed by atoms with Gasteiger partial charge < -0.3 is 9.47 Å².